The molecule has 0 saturated carbocycles. The molecule has 0 fully saturated rings. The van der Waals surface area contributed by atoms with E-state index in [9.17, 15) is 0 Å². The van der Waals surface area contributed by atoms with E-state index in [2.05, 4.69) is 23.8 Å². The Labute approximate surface area is 87.1 Å². The van der Waals surface area contributed by atoms with Gasteiger partial charge in [-0.1, -0.05) is 25.4 Å². The van der Waals surface area contributed by atoms with Gasteiger partial charge in [0, 0.05) is 5.25 Å². The Balaban J connectivity index is 2.83. The van der Waals surface area contributed by atoms with Crippen molar-refractivity contribution in [2.24, 2.45) is 0 Å². The summed E-state index contributed by atoms with van der Waals surface area (Å²) >= 11 is 7.54. The van der Waals surface area contributed by atoms with Crippen LogP contribution in [0.1, 0.15) is 20.3 Å². The maximum Gasteiger partial charge on any atom is 0.146 e. The molecule has 0 aromatic carbocycles. The number of halogens is 1. The van der Waals surface area contributed by atoms with Crippen molar-refractivity contribution in [3.05, 3.63) is 11.3 Å². The van der Waals surface area contributed by atoms with Crippen molar-refractivity contribution in [3.63, 3.8) is 0 Å². The van der Waals surface area contributed by atoms with Crippen molar-refractivity contribution in [2.45, 2.75) is 30.5 Å². The number of nitrogens with zero attached hydrogens (tertiary/aromatic N) is 2. The number of thioether (sulfide) groups is 1. The molecule has 0 radical (unpaired) electrons. The molecule has 1 unspecified atom stereocenters. The fourth-order valence-electron chi connectivity index (χ4n) is 0.722. The molecule has 2 N–H and O–H groups in total. The minimum Gasteiger partial charge on any atom is -0.382 e. The minimum absolute atomic E-state index is 0.350. The molecule has 13 heavy (non-hydrogen) atoms. The summed E-state index contributed by atoms with van der Waals surface area (Å²) < 4.78 is 0. The van der Waals surface area contributed by atoms with Gasteiger partial charge in [-0.15, -0.1) is 11.8 Å². The SMILES string of the molecule is CCC(C)Sc1ncnc(N)c1Cl. The van der Waals surface area contributed by atoms with E-state index in [-0.39, 0.29) is 0 Å². The van der Waals surface area contributed by atoms with Gasteiger partial charge in [-0.25, -0.2) is 9.97 Å². The number of aromatic nitrogens is 2. The van der Waals surface area contributed by atoms with Crippen molar-refractivity contribution in [1.29, 1.82) is 0 Å². The lowest BCUT2D eigenvalue weighted by Crippen LogP contribution is -1.98. The topological polar surface area (TPSA) is 51.8 Å². The highest BCUT2D eigenvalue weighted by atomic mass is 35.5. The molecule has 1 aromatic rings. The molecule has 0 saturated heterocycles. The number of nitrogen functional groups attached to an aromatic ring is 1. The number of hydrogen-bond donors (Lipinski definition) is 1. The lowest BCUT2D eigenvalue weighted by Gasteiger charge is -2.08. The average Bonchev–Trinajstić information content (AvgIpc) is 2.13. The fraction of sp³-hybridized carbons (Fsp3) is 0.500. The maximum absolute atomic E-state index is 5.92. The van der Waals surface area contributed by atoms with Gasteiger partial charge in [-0.2, -0.15) is 0 Å². The van der Waals surface area contributed by atoms with Crippen LogP contribution < -0.4 is 5.73 Å². The Morgan fingerprint density at radius 1 is 1.62 bits per heavy atom. The Kier molecular flexibility index (Phi) is 3.81. The van der Waals surface area contributed by atoms with Crippen molar-refractivity contribution >= 4 is 29.2 Å². The van der Waals surface area contributed by atoms with E-state index in [1.54, 1.807) is 11.8 Å². The second-order valence-electron chi connectivity index (χ2n) is 2.71. The first-order valence-electron chi connectivity index (χ1n) is 4.07. The molecular weight excluding hydrogens is 206 g/mol. The smallest absolute Gasteiger partial charge is 0.146 e. The van der Waals surface area contributed by atoms with Crippen LogP contribution in [0.15, 0.2) is 11.4 Å². The molecule has 0 bridgehead atoms. The van der Waals surface area contributed by atoms with E-state index in [0.29, 0.717) is 16.1 Å². The fourth-order valence-corrected chi connectivity index (χ4v) is 1.82. The molecule has 5 heteroatoms. The van der Waals surface area contributed by atoms with Crippen molar-refractivity contribution < 1.29 is 0 Å². The first kappa shape index (κ1) is 10.6. The molecule has 0 aliphatic carbocycles. The zero-order valence-corrected chi connectivity index (χ0v) is 9.19. The predicted molar refractivity (Wildman–Crippen MR) is 57.1 cm³/mol. The molecular formula is C8H12ClN3S. The lowest BCUT2D eigenvalue weighted by molar-refractivity contribution is 0.899. The van der Waals surface area contributed by atoms with E-state index in [0.717, 1.165) is 11.4 Å². The lowest BCUT2D eigenvalue weighted by atomic mass is 10.4. The quantitative estimate of drug-likeness (QED) is 0.625. The second-order valence-corrected chi connectivity index (χ2v) is 4.52. The van der Waals surface area contributed by atoms with Gasteiger partial charge in [0.05, 0.1) is 0 Å². The first-order chi connectivity index (χ1) is 6.15. The monoisotopic (exact) mass is 217 g/mol. The van der Waals surface area contributed by atoms with Crippen LogP contribution in [0.25, 0.3) is 0 Å². The Hall–Kier alpha value is -0.480. The molecule has 72 valence electrons. The molecule has 1 heterocycles. The van der Waals surface area contributed by atoms with E-state index >= 15 is 0 Å². The van der Waals surface area contributed by atoms with Crippen LogP contribution in [-0.4, -0.2) is 15.2 Å². The molecule has 3 nitrogen and oxygen atoms in total. The standard InChI is InChI=1S/C8H12ClN3S/c1-3-5(2)13-8-6(9)7(10)11-4-12-8/h4-5H,3H2,1-2H3,(H2,10,11,12). The van der Waals surface area contributed by atoms with Crippen LogP contribution in [0.3, 0.4) is 0 Å². The van der Waals surface area contributed by atoms with Crippen LogP contribution in [0.2, 0.25) is 5.02 Å². The van der Waals surface area contributed by atoms with Gasteiger partial charge in [0.25, 0.3) is 0 Å². The molecule has 0 spiro atoms. The van der Waals surface area contributed by atoms with E-state index in [4.69, 9.17) is 17.3 Å². The zero-order chi connectivity index (χ0) is 9.84. The summed E-state index contributed by atoms with van der Waals surface area (Å²) in [5.74, 6) is 0.350. The Morgan fingerprint density at radius 3 is 2.92 bits per heavy atom. The van der Waals surface area contributed by atoms with Gasteiger partial charge in [-0.05, 0) is 6.42 Å². The van der Waals surface area contributed by atoms with Crippen LogP contribution in [-0.2, 0) is 0 Å². The van der Waals surface area contributed by atoms with Gasteiger partial charge < -0.3 is 5.73 Å². The van der Waals surface area contributed by atoms with Crippen molar-refractivity contribution in [1.82, 2.24) is 9.97 Å². The van der Waals surface area contributed by atoms with Crippen LogP contribution in [0.4, 0.5) is 5.82 Å². The molecule has 1 atom stereocenters. The Morgan fingerprint density at radius 2 is 2.31 bits per heavy atom. The summed E-state index contributed by atoms with van der Waals surface area (Å²) in [6, 6.07) is 0. The van der Waals surface area contributed by atoms with Crippen LogP contribution in [0, 0.1) is 0 Å². The minimum atomic E-state index is 0.350. The molecule has 1 aromatic heterocycles. The second kappa shape index (κ2) is 4.67. The largest absolute Gasteiger partial charge is 0.382 e. The average molecular weight is 218 g/mol. The molecule has 0 amide bonds. The van der Waals surface area contributed by atoms with Gasteiger partial charge >= 0.3 is 0 Å². The summed E-state index contributed by atoms with van der Waals surface area (Å²) in [6.45, 7) is 4.25. The summed E-state index contributed by atoms with van der Waals surface area (Å²) in [4.78, 5) is 7.86. The van der Waals surface area contributed by atoms with Gasteiger partial charge in [0.1, 0.15) is 22.2 Å². The third-order valence-corrected chi connectivity index (χ3v) is 3.43. The summed E-state index contributed by atoms with van der Waals surface area (Å²) in [7, 11) is 0. The van der Waals surface area contributed by atoms with Gasteiger partial charge in [0.15, 0.2) is 0 Å². The normalized spacial score (nSPS) is 12.8. The number of hydrogen-bond acceptors (Lipinski definition) is 4. The summed E-state index contributed by atoms with van der Waals surface area (Å²) in [5.41, 5.74) is 5.54. The van der Waals surface area contributed by atoms with E-state index in [1.165, 1.54) is 6.33 Å². The third-order valence-electron chi connectivity index (χ3n) is 1.67. The van der Waals surface area contributed by atoms with Gasteiger partial charge in [-0.3, -0.25) is 0 Å². The first-order valence-corrected chi connectivity index (χ1v) is 5.33. The summed E-state index contributed by atoms with van der Waals surface area (Å²) in [6.07, 6.45) is 2.51. The third kappa shape index (κ3) is 2.74. The molecule has 1 rings (SSSR count). The van der Waals surface area contributed by atoms with Crippen LogP contribution >= 0.6 is 23.4 Å². The highest BCUT2D eigenvalue weighted by Gasteiger charge is 2.09. The highest BCUT2D eigenvalue weighted by Crippen LogP contribution is 2.31. The zero-order valence-electron chi connectivity index (χ0n) is 7.62. The highest BCUT2D eigenvalue weighted by molar-refractivity contribution is 7.99. The Bertz CT molecular complexity index is 293. The van der Waals surface area contributed by atoms with Crippen molar-refractivity contribution in [2.75, 3.05) is 5.73 Å². The van der Waals surface area contributed by atoms with Crippen molar-refractivity contribution in [3.8, 4) is 0 Å². The molecule has 0 aliphatic rings. The molecule has 0 aliphatic heterocycles. The number of rotatable bonds is 3. The predicted octanol–water partition coefficient (Wildman–Crippen LogP) is 2.60. The number of anilines is 1. The van der Waals surface area contributed by atoms with Gasteiger partial charge in [0.2, 0.25) is 0 Å². The van der Waals surface area contributed by atoms with E-state index in [1.807, 2.05) is 0 Å². The number of nitrogens with two attached hydrogens (primary N) is 1. The maximum atomic E-state index is 5.92. The van der Waals surface area contributed by atoms with E-state index < -0.39 is 0 Å². The summed E-state index contributed by atoms with van der Waals surface area (Å²) in [5, 5.41) is 1.73. The van der Waals surface area contributed by atoms with Crippen LogP contribution in [0.5, 0.6) is 0 Å².